The molecule has 1 unspecified atom stereocenters. The van der Waals surface area contributed by atoms with Gasteiger partial charge in [0, 0.05) is 14.1 Å². The Morgan fingerprint density at radius 2 is 1.85 bits per heavy atom. The normalized spacial score (nSPS) is 12.5. The van der Waals surface area contributed by atoms with Gasteiger partial charge in [0.25, 0.3) is 5.91 Å². The topological polar surface area (TPSA) is 80.1 Å². The monoisotopic (exact) mass is 375 g/mol. The Morgan fingerprint density at radius 1 is 1.22 bits per heavy atom. The lowest BCUT2D eigenvalue weighted by atomic mass is 9.85. The van der Waals surface area contributed by atoms with Crippen LogP contribution in [0.15, 0.2) is 30.5 Å². The number of nitrogens with zero attached hydrogens (tertiary/aromatic N) is 4. The molecule has 0 aliphatic carbocycles. The maximum absolute atomic E-state index is 13.2. The van der Waals surface area contributed by atoms with Crippen molar-refractivity contribution in [3.63, 3.8) is 0 Å². The molecule has 0 saturated carbocycles. The van der Waals surface area contributed by atoms with Gasteiger partial charge in [0.2, 0.25) is 5.91 Å². The van der Waals surface area contributed by atoms with E-state index in [4.69, 9.17) is 0 Å². The number of halogens is 1. The minimum Gasteiger partial charge on any atom is -0.347 e. The fourth-order valence-corrected chi connectivity index (χ4v) is 2.55. The van der Waals surface area contributed by atoms with Crippen molar-refractivity contribution >= 4 is 11.8 Å². The van der Waals surface area contributed by atoms with Crippen LogP contribution in [-0.4, -0.2) is 45.8 Å². The number of amides is 2. The van der Waals surface area contributed by atoms with Crippen LogP contribution < -0.4 is 5.32 Å². The smallest absolute Gasteiger partial charge is 0.273 e. The van der Waals surface area contributed by atoms with Crippen molar-refractivity contribution in [1.29, 1.82) is 0 Å². The minimum atomic E-state index is -0.392. The molecule has 1 aromatic heterocycles. The van der Waals surface area contributed by atoms with Crippen LogP contribution in [0.3, 0.4) is 0 Å². The fourth-order valence-electron chi connectivity index (χ4n) is 2.55. The molecule has 1 atom stereocenters. The van der Waals surface area contributed by atoms with Crippen LogP contribution in [0.4, 0.5) is 4.39 Å². The summed E-state index contributed by atoms with van der Waals surface area (Å²) in [5.41, 5.74) is 0.889. The van der Waals surface area contributed by atoms with Crippen molar-refractivity contribution in [3.8, 4) is 0 Å². The number of aromatic nitrogens is 3. The SMILES string of the molecule is CN(C)C(=O)Cn1cc(C(=O)NC(CC(C)(C)C)c2ccc(F)cc2)nn1. The van der Waals surface area contributed by atoms with Gasteiger partial charge >= 0.3 is 0 Å². The van der Waals surface area contributed by atoms with Gasteiger partial charge in [0.1, 0.15) is 12.4 Å². The molecule has 1 heterocycles. The summed E-state index contributed by atoms with van der Waals surface area (Å²) in [6.07, 6.45) is 2.10. The van der Waals surface area contributed by atoms with Crippen LogP contribution in [0, 0.1) is 11.2 Å². The molecule has 146 valence electrons. The standard InChI is InChI=1S/C19H26FN5O2/c1-19(2,3)10-15(13-6-8-14(20)9-7-13)21-18(27)16-11-25(23-22-16)12-17(26)24(4)5/h6-9,11,15H,10,12H2,1-5H3,(H,21,27). The van der Waals surface area contributed by atoms with Gasteiger partial charge in [-0.05, 0) is 29.5 Å². The van der Waals surface area contributed by atoms with E-state index in [0.717, 1.165) is 5.56 Å². The van der Waals surface area contributed by atoms with Gasteiger partial charge in [-0.15, -0.1) is 5.10 Å². The maximum Gasteiger partial charge on any atom is 0.273 e. The molecule has 1 aromatic carbocycles. The van der Waals surface area contributed by atoms with Crippen molar-refractivity contribution in [3.05, 3.63) is 47.5 Å². The van der Waals surface area contributed by atoms with Crippen molar-refractivity contribution in [2.24, 2.45) is 5.41 Å². The Bertz CT molecular complexity index is 793. The second kappa shape index (κ2) is 8.28. The van der Waals surface area contributed by atoms with E-state index < -0.39 is 5.91 Å². The molecule has 2 aromatic rings. The molecular weight excluding hydrogens is 349 g/mol. The zero-order valence-corrected chi connectivity index (χ0v) is 16.4. The zero-order chi connectivity index (χ0) is 20.2. The molecule has 2 rings (SSSR count). The Kier molecular flexibility index (Phi) is 6.30. The Hall–Kier alpha value is -2.77. The second-order valence-electron chi connectivity index (χ2n) is 7.93. The third-order valence-corrected chi connectivity index (χ3v) is 3.96. The highest BCUT2D eigenvalue weighted by Crippen LogP contribution is 2.29. The molecule has 8 heteroatoms. The molecule has 0 aliphatic heterocycles. The number of benzene rings is 1. The first-order chi connectivity index (χ1) is 12.5. The van der Waals surface area contributed by atoms with Gasteiger partial charge in [0.05, 0.1) is 12.2 Å². The lowest BCUT2D eigenvalue weighted by Crippen LogP contribution is -2.31. The molecule has 0 radical (unpaired) electrons. The van der Waals surface area contributed by atoms with E-state index in [-0.39, 0.29) is 35.4 Å². The second-order valence-corrected chi connectivity index (χ2v) is 7.93. The highest BCUT2D eigenvalue weighted by Gasteiger charge is 2.24. The van der Waals surface area contributed by atoms with Crippen molar-refractivity contribution < 1.29 is 14.0 Å². The summed E-state index contributed by atoms with van der Waals surface area (Å²) in [7, 11) is 3.29. The van der Waals surface area contributed by atoms with Crippen LogP contribution >= 0.6 is 0 Å². The fraction of sp³-hybridized carbons (Fsp3) is 0.474. The van der Waals surface area contributed by atoms with Gasteiger partial charge in [0.15, 0.2) is 5.69 Å². The molecule has 2 amide bonds. The summed E-state index contributed by atoms with van der Waals surface area (Å²) < 4.78 is 14.6. The third kappa shape index (κ3) is 6.16. The number of nitrogens with one attached hydrogen (secondary N) is 1. The van der Waals surface area contributed by atoms with E-state index in [1.165, 1.54) is 27.9 Å². The number of hydrogen-bond acceptors (Lipinski definition) is 4. The molecule has 0 aliphatic rings. The first kappa shape index (κ1) is 20.5. The van der Waals surface area contributed by atoms with Gasteiger partial charge in [-0.2, -0.15) is 0 Å². The van der Waals surface area contributed by atoms with Crippen molar-refractivity contribution in [1.82, 2.24) is 25.2 Å². The summed E-state index contributed by atoms with van der Waals surface area (Å²) >= 11 is 0. The average molecular weight is 375 g/mol. The third-order valence-electron chi connectivity index (χ3n) is 3.96. The van der Waals surface area contributed by atoms with Crippen molar-refractivity contribution in [2.75, 3.05) is 14.1 Å². The molecule has 0 spiro atoms. The minimum absolute atomic E-state index is 0.0106. The van der Waals surface area contributed by atoms with E-state index in [0.29, 0.717) is 6.42 Å². The average Bonchev–Trinajstić information content (AvgIpc) is 3.02. The van der Waals surface area contributed by atoms with E-state index in [9.17, 15) is 14.0 Å². The van der Waals surface area contributed by atoms with Crippen LogP contribution in [0.2, 0.25) is 0 Å². The highest BCUT2D eigenvalue weighted by molar-refractivity contribution is 5.92. The molecular formula is C19H26FN5O2. The maximum atomic E-state index is 13.2. The Balaban J connectivity index is 2.14. The lowest BCUT2D eigenvalue weighted by molar-refractivity contribution is -0.129. The highest BCUT2D eigenvalue weighted by atomic mass is 19.1. The summed E-state index contributed by atoms with van der Waals surface area (Å²) in [5.74, 6) is -0.867. The molecule has 0 saturated heterocycles. The largest absolute Gasteiger partial charge is 0.347 e. The first-order valence-corrected chi connectivity index (χ1v) is 8.72. The summed E-state index contributed by atoms with van der Waals surface area (Å²) in [4.78, 5) is 25.8. The van der Waals surface area contributed by atoms with Crippen LogP contribution in [-0.2, 0) is 11.3 Å². The van der Waals surface area contributed by atoms with E-state index in [1.54, 1.807) is 26.2 Å². The quantitative estimate of drug-likeness (QED) is 0.841. The molecule has 27 heavy (non-hydrogen) atoms. The zero-order valence-electron chi connectivity index (χ0n) is 16.4. The van der Waals surface area contributed by atoms with Gasteiger partial charge < -0.3 is 10.2 Å². The Morgan fingerprint density at radius 3 is 2.41 bits per heavy atom. The number of carbonyl (C=O) groups is 2. The van der Waals surface area contributed by atoms with Crippen LogP contribution in [0.1, 0.15) is 49.3 Å². The molecule has 0 bridgehead atoms. The van der Waals surface area contributed by atoms with Crippen molar-refractivity contribution in [2.45, 2.75) is 39.8 Å². The summed E-state index contributed by atoms with van der Waals surface area (Å²) in [6.45, 7) is 6.22. The molecule has 7 nitrogen and oxygen atoms in total. The predicted molar refractivity (Wildman–Crippen MR) is 99.4 cm³/mol. The van der Waals surface area contributed by atoms with Gasteiger partial charge in [-0.1, -0.05) is 38.1 Å². The first-order valence-electron chi connectivity index (χ1n) is 8.72. The number of rotatable bonds is 6. The summed E-state index contributed by atoms with van der Waals surface area (Å²) in [6, 6.07) is 5.78. The molecule has 0 fully saturated rings. The molecule has 1 N–H and O–H groups in total. The van der Waals surface area contributed by atoms with E-state index in [2.05, 4.69) is 36.4 Å². The number of carbonyl (C=O) groups excluding carboxylic acids is 2. The van der Waals surface area contributed by atoms with Crippen LogP contribution in [0.25, 0.3) is 0 Å². The van der Waals surface area contributed by atoms with Gasteiger partial charge in [-0.3, -0.25) is 9.59 Å². The van der Waals surface area contributed by atoms with Crippen LogP contribution in [0.5, 0.6) is 0 Å². The number of hydrogen-bond donors (Lipinski definition) is 1. The van der Waals surface area contributed by atoms with E-state index >= 15 is 0 Å². The predicted octanol–water partition coefficient (Wildman–Crippen LogP) is 2.41. The lowest BCUT2D eigenvalue weighted by Gasteiger charge is -2.27. The van der Waals surface area contributed by atoms with Gasteiger partial charge in [-0.25, -0.2) is 9.07 Å². The Labute approximate surface area is 158 Å². The van der Waals surface area contributed by atoms with E-state index in [1.807, 2.05) is 0 Å². The summed E-state index contributed by atoms with van der Waals surface area (Å²) in [5, 5.41) is 10.6. The number of likely N-dealkylation sites (N-methyl/N-ethyl adjacent to an activating group) is 1.